The molecule has 1 saturated heterocycles. The molecule has 5 atom stereocenters. The molecule has 0 saturated carbocycles. The SMILES string of the molecule is CC(NC(C(=O)O)[C@H](Cc1ccccc1)NC(=O)c1ccccc1)C(=O)N1C[C@@H](Cc2ccccc2)C[C@H]1C(=O)O. The van der Waals surface area contributed by atoms with Crippen LogP contribution in [-0.2, 0) is 27.2 Å². The predicted octanol–water partition coefficient (Wildman–Crippen LogP) is 3.00. The van der Waals surface area contributed by atoms with Crippen molar-refractivity contribution in [3.63, 3.8) is 0 Å². The van der Waals surface area contributed by atoms with Gasteiger partial charge in [-0.05, 0) is 55.4 Å². The van der Waals surface area contributed by atoms with E-state index in [-0.39, 0.29) is 18.9 Å². The van der Waals surface area contributed by atoms with Gasteiger partial charge in [0, 0.05) is 12.1 Å². The van der Waals surface area contributed by atoms with Gasteiger partial charge in [0.15, 0.2) is 0 Å². The van der Waals surface area contributed by atoms with Gasteiger partial charge in [0.05, 0.1) is 12.1 Å². The van der Waals surface area contributed by atoms with Crippen LogP contribution in [0.3, 0.4) is 0 Å². The number of likely N-dealkylation sites (tertiary alicyclic amines) is 1. The zero-order chi connectivity index (χ0) is 29.4. The molecule has 9 nitrogen and oxygen atoms in total. The van der Waals surface area contributed by atoms with Crippen LogP contribution in [0.2, 0.25) is 0 Å². The molecule has 0 bridgehead atoms. The highest BCUT2D eigenvalue weighted by molar-refractivity contribution is 5.95. The zero-order valence-electron chi connectivity index (χ0n) is 22.9. The molecule has 9 heteroatoms. The fraction of sp³-hybridized carbons (Fsp3) is 0.312. The Morgan fingerprint density at radius 2 is 1.41 bits per heavy atom. The van der Waals surface area contributed by atoms with Gasteiger partial charge >= 0.3 is 11.9 Å². The molecule has 0 radical (unpaired) electrons. The van der Waals surface area contributed by atoms with Crippen LogP contribution >= 0.6 is 0 Å². The summed E-state index contributed by atoms with van der Waals surface area (Å²) in [6.07, 6.45) is 1.15. The Hall–Kier alpha value is -4.50. The van der Waals surface area contributed by atoms with Gasteiger partial charge in [-0.3, -0.25) is 19.7 Å². The minimum atomic E-state index is -1.33. The van der Waals surface area contributed by atoms with E-state index in [2.05, 4.69) is 10.6 Å². The van der Waals surface area contributed by atoms with Gasteiger partial charge in [-0.2, -0.15) is 0 Å². The van der Waals surface area contributed by atoms with Crippen LogP contribution in [0.25, 0.3) is 0 Å². The minimum Gasteiger partial charge on any atom is -0.480 e. The van der Waals surface area contributed by atoms with Gasteiger partial charge in [-0.1, -0.05) is 78.9 Å². The second kappa shape index (κ2) is 13.7. The number of carbonyl (C=O) groups is 4. The molecule has 3 aromatic carbocycles. The van der Waals surface area contributed by atoms with Crippen molar-refractivity contribution >= 4 is 23.8 Å². The fourth-order valence-electron chi connectivity index (χ4n) is 5.41. The van der Waals surface area contributed by atoms with Crippen molar-refractivity contribution in [2.75, 3.05) is 6.54 Å². The molecule has 1 fully saturated rings. The van der Waals surface area contributed by atoms with Crippen LogP contribution < -0.4 is 10.6 Å². The molecule has 1 aliphatic heterocycles. The van der Waals surface area contributed by atoms with Gasteiger partial charge in [0.1, 0.15) is 12.1 Å². The maximum Gasteiger partial charge on any atom is 0.326 e. The Kier molecular flexibility index (Phi) is 9.86. The first-order valence-corrected chi connectivity index (χ1v) is 13.7. The number of carboxylic acid groups (broad SMARTS) is 2. The number of rotatable bonds is 12. The number of nitrogens with zero attached hydrogens (tertiary/aromatic N) is 1. The summed E-state index contributed by atoms with van der Waals surface area (Å²) in [5.41, 5.74) is 2.25. The zero-order valence-corrected chi connectivity index (χ0v) is 22.9. The lowest BCUT2D eigenvalue weighted by Crippen LogP contribution is -2.60. The van der Waals surface area contributed by atoms with Crippen LogP contribution in [0.15, 0.2) is 91.0 Å². The van der Waals surface area contributed by atoms with Crippen molar-refractivity contribution < 1.29 is 29.4 Å². The number of benzene rings is 3. The first-order chi connectivity index (χ1) is 19.7. The van der Waals surface area contributed by atoms with Gasteiger partial charge in [0.2, 0.25) is 5.91 Å². The lowest BCUT2D eigenvalue weighted by molar-refractivity contribution is -0.149. The van der Waals surface area contributed by atoms with Gasteiger partial charge in [-0.25, -0.2) is 4.79 Å². The Balaban J connectivity index is 1.51. The van der Waals surface area contributed by atoms with E-state index in [1.54, 1.807) is 30.3 Å². The summed E-state index contributed by atoms with van der Waals surface area (Å²) in [5, 5.41) is 25.8. The summed E-state index contributed by atoms with van der Waals surface area (Å²) in [5.74, 6) is -3.30. The van der Waals surface area contributed by atoms with Crippen molar-refractivity contribution in [2.24, 2.45) is 5.92 Å². The molecule has 2 unspecified atom stereocenters. The molecule has 0 spiro atoms. The van der Waals surface area contributed by atoms with E-state index in [4.69, 9.17) is 0 Å². The summed E-state index contributed by atoms with van der Waals surface area (Å²) >= 11 is 0. The van der Waals surface area contributed by atoms with Gasteiger partial charge < -0.3 is 20.4 Å². The standard InChI is InChI=1S/C32H35N3O6/c1-21(30(37)35-20-24(19-27(35)31(38)39)17-22-11-5-2-6-12-22)33-28(32(40)41)26(18-23-13-7-3-8-14-23)34-29(36)25-15-9-4-10-16-25/h2-16,21,24,26-28,33H,17-20H2,1H3,(H,34,36)(H,38,39)(H,40,41)/t21?,24-,26-,27-,28?/m0/s1. The molecule has 214 valence electrons. The van der Waals surface area contributed by atoms with Crippen molar-refractivity contribution in [2.45, 2.75) is 50.4 Å². The van der Waals surface area contributed by atoms with Crippen LogP contribution in [0.4, 0.5) is 0 Å². The topological polar surface area (TPSA) is 136 Å². The summed E-state index contributed by atoms with van der Waals surface area (Å²) < 4.78 is 0. The number of hydrogen-bond donors (Lipinski definition) is 4. The highest BCUT2D eigenvalue weighted by Gasteiger charge is 2.42. The molecule has 4 rings (SSSR count). The minimum absolute atomic E-state index is 0.0408. The van der Waals surface area contributed by atoms with E-state index < -0.39 is 47.9 Å². The number of aliphatic carboxylic acids is 2. The Morgan fingerprint density at radius 3 is 1.98 bits per heavy atom. The van der Waals surface area contributed by atoms with Gasteiger partial charge in [0.25, 0.3) is 5.91 Å². The number of nitrogens with one attached hydrogen (secondary N) is 2. The summed E-state index contributed by atoms with van der Waals surface area (Å²) in [6, 6.07) is 23.1. The first kappa shape index (κ1) is 29.5. The molecule has 0 aromatic heterocycles. The largest absolute Gasteiger partial charge is 0.480 e. The molecule has 1 heterocycles. The maximum atomic E-state index is 13.6. The van der Waals surface area contributed by atoms with Gasteiger partial charge in [-0.15, -0.1) is 0 Å². The molecular weight excluding hydrogens is 522 g/mol. The molecule has 0 aliphatic carbocycles. The fourth-order valence-corrected chi connectivity index (χ4v) is 5.41. The Morgan fingerprint density at radius 1 is 0.854 bits per heavy atom. The summed E-state index contributed by atoms with van der Waals surface area (Å²) in [4.78, 5) is 52.5. The van der Waals surface area contributed by atoms with Crippen molar-refractivity contribution in [1.82, 2.24) is 15.5 Å². The number of carbonyl (C=O) groups excluding carboxylic acids is 2. The predicted molar refractivity (Wildman–Crippen MR) is 153 cm³/mol. The van der Waals surface area contributed by atoms with E-state index in [9.17, 15) is 29.4 Å². The maximum absolute atomic E-state index is 13.6. The first-order valence-electron chi connectivity index (χ1n) is 13.7. The monoisotopic (exact) mass is 557 g/mol. The molecule has 4 N–H and O–H groups in total. The molecule has 3 aromatic rings. The second-order valence-corrected chi connectivity index (χ2v) is 10.5. The molecular formula is C32H35N3O6. The lowest BCUT2D eigenvalue weighted by Gasteiger charge is -2.31. The van der Waals surface area contributed by atoms with E-state index >= 15 is 0 Å². The second-order valence-electron chi connectivity index (χ2n) is 10.5. The van der Waals surface area contributed by atoms with E-state index in [1.807, 2.05) is 60.7 Å². The molecule has 1 aliphatic rings. The summed E-state index contributed by atoms with van der Waals surface area (Å²) in [7, 11) is 0. The Bertz CT molecular complexity index is 1340. The lowest BCUT2D eigenvalue weighted by atomic mass is 9.97. The van der Waals surface area contributed by atoms with Crippen molar-refractivity contribution in [3.8, 4) is 0 Å². The van der Waals surface area contributed by atoms with E-state index in [1.165, 1.54) is 11.8 Å². The van der Waals surface area contributed by atoms with Crippen LogP contribution in [0, 0.1) is 5.92 Å². The van der Waals surface area contributed by atoms with Crippen molar-refractivity contribution in [3.05, 3.63) is 108 Å². The smallest absolute Gasteiger partial charge is 0.326 e. The third-order valence-corrected chi connectivity index (χ3v) is 7.44. The van der Waals surface area contributed by atoms with E-state index in [0.29, 0.717) is 18.4 Å². The number of hydrogen-bond acceptors (Lipinski definition) is 5. The number of amides is 2. The summed E-state index contributed by atoms with van der Waals surface area (Å²) in [6.45, 7) is 1.78. The molecule has 41 heavy (non-hydrogen) atoms. The third-order valence-electron chi connectivity index (χ3n) is 7.44. The van der Waals surface area contributed by atoms with Crippen LogP contribution in [0.5, 0.6) is 0 Å². The normalized spacial score (nSPS) is 18.7. The number of carboxylic acids is 2. The highest BCUT2D eigenvalue weighted by Crippen LogP contribution is 2.27. The van der Waals surface area contributed by atoms with Crippen LogP contribution in [0.1, 0.15) is 34.8 Å². The highest BCUT2D eigenvalue weighted by atomic mass is 16.4. The third kappa shape index (κ3) is 7.79. The Labute approximate surface area is 239 Å². The van der Waals surface area contributed by atoms with Crippen LogP contribution in [-0.4, -0.2) is 69.6 Å². The average molecular weight is 558 g/mol. The van der Waals surface area contributed by atoms with E-state index in [0.717, 1.165) is 11.1 Å². The quantitative estimate of drug-likeness (QED) is 0.269. The average Bonchev–Trinajstić information content (AvgIpc) is 3.40. The van der Waals surface area contributed by atoms with Crippen molar-refractivity contribution in [1.29, 1.82) is 0 Å². The molecule has 2 amide bonds.